The van der Waals surface area contributed by atoms with Crippen LogP contribution < -0.4 is 20.1 Å². The monoisotopic (exact) mass is 270 g/mol. The maximum Gasteiger partial charge on any atom is 0.144 e. The van der Waals surface area contributed by atoms with Crippen molar-refractivity contribution in [2.45, 2.75) is 6.54 Å². The number of anilines is 2. The molecular formula is C16H18N2O2. The van der Waals surface area contributed by atoms with E-state index in [-0.39, 0.29) is 0 Å². The van der Waals surface area contributed by atoms with Gasteiger partial charge in [-0.1, -0.05) is 12.1 Å². The van der Waals surface area contributed by atoms with Gasteiger partial charge in [0.2, 0.25) is 0 Å². The molecule has 1 aliphatic rings. The van der Waals surface area contributed by atoms with E-state index in [1.54, 1.807) is 7.11 Å². The third-order valence-corrected chi connectivity index (χ3v) is 3.48. The lowest BCUT2D eigenvalue weighted by molar-refractivity contribution is 0.307. The first-order valence-electron chi connectivity index (χ1n) is 6.66. The van der Waals surface area contributed by atoms with E-state index in [0.29, 0.717) is 6.61 Å². The van der Waals surface area contributed by atoms with Crippen LogP contribution in [0, 0.1) is 0 Å². The van der Waals surface area contributed by atoms with Crippen LogP contribution in [0.15, 0.2) is 42.5 Å². The van der Waals surface area contributed by atoms with E-state index < -0.39 is 0 Å². The fourth-order valence-corrected chi connectivity index (χ4v) is 2.41. The molecule has 4 nitrogen and oxygen atoms in total. The molecular weight excluding hydrogens is 252 g/mol. The molecule has 0 aliphatic carbocycles. The minimum absolute atomic E-state index is 0.687. The first kappa shape index (κ1) is 12.7. The third-order valence-electron chi connectivity index (χ3n) is 3.48. The summed E-state index contributed by atoms with van der Waals surface area (Å²) < 4.78 is 10.8. The van der Waals surface area contributed by atoms with E-state index in [2.05, 4.69) is 17.0 Å². The number of benzene rings is 2. The Labute approximate surface area is 118 Å². The molecule has 0 atom stereocenters. The molecule has 0 fully saturated rings. The number of ether oxygens (including phenoxy) is 2. The van der Waals surface area contributed by atoms with Gasteiger partial charge in [-0.2, -0.15) is 0 Å². The predicted molar refractivity (Wildman–Crippen MR) is 80.4 cm³/mol. The van der Waals surface area contributed by atoms with Gasteiger partial charge in [0.15, 0.2) is 0 Å². The summed E-state index contributed by atoms with van der Waals surface area (Å²) in [7, 11) is 1.68. The summed E-state index contributed by atoms with van der Waals surface area (Å²) in [5, 5.41) is 0. The quantitative estimate of drug-likeness (QED) is 0.871. The van der Waals surface area contributed by atoms with Gasteiger partial charge in [0.1, 0.15) is 18.1 Å². The highest BCUT2D eigenvalue weighted by molar-refractivity contribution is 5.65. The van der Waals surface area contributed by atoms with Crippen LogP contribution in [0.1, 0.15) is 5.56 Å². The van der Waals surface area contributed by atoms with Crippen LogP contribution in [-0.4, -0.2) is 20.3 Å². The largest absolute Gasteiger partial charge is 0.497 e. The van der Waals surface area contributed by atoms with Gasteiger partial charge in [0.05, 0.1) is 19.3 Å². The summed E-state index contributed by atoms with van der Waals surface area (Å²) in [6.45, 7) is 2.42. The van der Waals surface area contributed by atoms with Crippen molar-refractivity contribution in [3.63, 3.8) is 0 Å². The zero-order valence-electron chi connectivity index (χ0n) is 11.5. The van der Waals surface area contributed by atoms with Gasteiger partial charge in [-0.05, 0) is 29.8 Å². The van der Waals surface area contributed by atoms with Crippen LogP contribution in [0.3, 0.4) is 0 Å². The van der Waals surface area contributed by atoms with Crippen LogP contribution in [-0.2, 0) is 6.54 Å². The smallest absolute Gasteiger partial charge is 0.144 e. The normalized spacial score (nSPS) is 13.6. The van der Waals surface area contributed by atoms with Crippen molar-refractivity contribution in [2.24, 2.45) is 0 Å². The van der Waals surface area contributed by atoms with E-state index >= 15 is 0 Å². The number of nitrogen functional groups attached to an aromatic ring is 1. The lowest BCUT2D eigenvalue weighted by Gasteiger charge is -2.31. The van der Waals surface area contributed by atoms with Gasteiger partial charge in [-0.15, -0.1) is 0 Å². The van der Waals surface area contributed by atoms with Crippen molar-refractivity contribution in [2.75, 3.05) is 30.9 Å². The van der Waals surface area contributed by atoms with Gasteiger partial charge >= 0.3 is 0 Å². The molecule has 1 aliphatic heterocycles. The Balaban J connectivity index is 1.81. The molecule has 0 saturated heterocycles. The maximum atomic E-state index is 5.80. The molecule has 1 heterocycles. The second kappa shape index (κ2) is 5.33. The Bertz CT molecular complexity index is 596. The molecule has 0 spiro atoms. The number of hydrogen-bond acceptors (Lipinski definition) is 4. The van der Waals surface area contributed by atoms with E-state index in [1.165, 1.54) is 5.56 Å². The highest BCUT2D eigenvalue weighted by Gasteiger charge is 2.18. The fraction of sp³-hybridized carbons (Fsp3) is 0.250. The Kier molecular flexibility index (Phi) is 3.37. The molecule has 20 heavy (non-hydrogen) atoms. The lowest BCUT2D eigenvalue weighted by Crippen LogP contribution is -2.32. The Morgan fingerprint density at radius 1 is 1.20 bits per heavy atom. The van der Waals surface area contributed by atoms with Crippen LogP contribution >= 0.6 is 0 Å². The first-order chi connectivity index (χ1) is 9.76. The second-order valence-corrected chi connectivity index (χ2v) is 4.85. The molecule has 0 bridgehead atoms. The van der Waals surface area contributed by atoms with E-state index in [0.717, 1.165) is 36.0 Å². The predicted octanol–water partition coefficient (Wildman–Crippen LogP) is 2.68. The van der Waals surface area contributed by atoms with Crippen molar-refractivity contribution in [1.82, 2.24) is 0 Å². The maximum absolute atomic E-state index is 5.80. The summed E-state index contributed by atoms with van der Waals surface area (Å²) in [5.74, 6) is 1.74. The third kappa shape index (κ3) is 2.50. The van der Waals surface area contributed by atoms with Crippen LogP contribution in [0.2, 0.25) is 0 Å². The van der Waals surface area contributed by atoms with E-state index in [4.69, 9.17) is 15.2 Å². The Morgan fingerprint density at radius 3 is 2.75 bits per heavy atom. The van der Waals surface area contributed by atoms with Crippen LogP contribution in [0.5, 0.6) is 11.5 Å². The average molecular weight is 270 g/mol. The van der Waals surface area contributed by atoms with Gasteiger partial charge in [0.25, 0.3) is 0 Å². The first-order valence-corrected chi connectivity index (χ1v) is 6.66. The average Bonchev–Trinajstić information content (AvgIpc) is 2.48. The second-order valence-electron chi connectivity index (χ2n) is 4.85. The van der Waals surface area contributed by atoms with Crippen molar-refractivity contribution < 1.29 is 9.47 Å². The minimum atomic E-state index is 0.687. The SMILES string of the molecule is COc1ccc(CN2CCOc3cc(N)ccc32)cc1. The molecule has 0 saturated carbocycles. The topological polar surface area (TPSA) is 47.7 Å². The molecule has 0 amide bonds. The minimum Gasteiger partial charge on any atom is -0.497 e. The Morgan fingerprint density at radius 2 is 2.00 bits per heavy atom. The lowest BCUT2D eigenvalue weighted by atomic mass is 10.1. The number of nitrogens with zero attached hydrogens (tertiary/aromatic N) is 1. The molecule has 104 valence electrons. The number of hydrogen-bond donors (Lipinski definition) is 1. The van der Waals surface area contributed by atoms with Gasteiger partial charge in [-0.3, -0.25) is 0 Å². The van der Waals surface area contributed by atoms with Crippen LogP contribution in [0.4, 0.5) is 11.4 Å². The molecule has 0 unspecified atom stereocenters. The number of nitrogens with two attached hydrogens (primary N) is 1. The van der Waals surface area contributed by atoms with Crippen molar-refractivity contribution >= 4 is 11.4 Å². The van der Waals surface area contributed by atoms with Crippen molar-refractivity contribution in [3.05, 3.63) is 48.0 Å². The standard InChI is InChI=1S/C16H18N2O2/c1-19-14-5-2-12(3-6-14)11-18-8-9-20-16-10-13(17)4-7-15(16)18/h2-7,10H,8-9,11,17H2,1H3. The summed E-state index contributed by atoms with van der Waals surface area (Å²) in [6.07, 6.45) is 0. The molecule has 2 aromatic carbocycles. The zero-order chi connectivity index (χ0) is 13.9. The van der Waals surface area contributed by atoms with Crippen molar-refractivity contribution in [3.8, 4) is 11.5 Å². The molecule has 3 rings (SSSR count). The number of methoxy groups -OCH3 is 1. The molecule has 0 radical (unpaired) electrons. The molecule has 2 aromatic rings. The van der Waals surface area contributed by atoms with Gasteiger partial charge in [-0.25, -0.2) is 0 Å². The Hall–Kier alpha value is -2.36. The van der Waals surface area contributed by atoms with Gasteiger partial charge < -0.3 is 20.1 Å². The summed E-state index contributed by atoms with van der Waals surface area (Å²) in [6, 6.07) is 14.0. The van der Waals surface area contributed by atoms with E-state index in [9.17, 15) is 0 Å². The van der Waals surface area contributed by atoms with E-state index in [1.807, 2.05) is 30.3 Å². The fourth-order valence-electron chi connectivity index (χ4n) is 2.41. The molecule has 4 heteroatoms. The van der Waals surface area contributed by atoms with Gasteiger partial charge in [0, 0.05) is 18.3 Å². The number of fused-ring (bicyclic) bond motifs is 1. The summed E-state index contributed by atoms with van der Waals surface area (Å²) in [4.78, 5) is 2.31. The highest BCUT2D eigenvalue weighted by Crippen LogP contribution is 2.34. The molecule has 2 N–H and O–H groups in total. The summed E-state index contributed by atoms with van der Waals surface area (Å²) in [5.41, 5.74) is 8.88. The summed E-state index contributed by atoms with van der Waals surface area (Å²) >= 11 is 0. The van der Waals surface area contributed by atoms with Crippen LogP contribution in [0.25, 0.3) is 0 Å². The molecule has 0 aromatic heterocycles. The van der Waals surface area contributed by atoms with Crippen molar-refractivity contribution in [1.29, 1.82) is 0 Å². The highest BCUT2D eigenvalue weighted by atomic mass is 16.5. The number of rotatable bonds is 3. The zero-order valence-corrected chi connectivity index (χ0v) is 11.5.